The van der Waals surface area contributed by atoms with Crippen LogP contribution in [0.4, 0.5) is 0 Å². The lowest BCUT2D eigenvalue weighted by molar-refractivity contribution is -0.147. The zero-order valence-corrected chi connectivity index (χ0v) is 8.39. The third-order valence-corrected chi connectivity index (χ3v) is 2.01. The quantitative estimate of drug-likeness (QED) is 0.265. The zero-order valence-electron chi connectivity index (χ0n) is 8.39. The van der Waals surface area contributed by atoms with Gasteiger partial charge in [-0.2, -0.15) is 0 Å². The molecule has 0 saturated carbocycles. The minimum absolute atomic E-state index is 0.222. The number of ether oxygens (including phenoxy) is 1. The summed E-state index contributed by atoms with van der Waals surface area (Å²) in [6.07, 6.45) is -8.13. The van der Waals surface area contributed by atoms with Crippen LogP contribution in [0.5, 0.6) is 0 Å². The van der Waals surface area contributed by atoms with Crippen LogP contribution < -0.4 is 0 Å². The van der Waals surface area contributed by atoms with E-state index in [-0.39, 0.29) is 6.61 Å². The molecule has 0 heterocycles. The lowest BCUT2D eigenvalue weighted by Gasteiger charge is -2.28. The van der Waals surface area contributed by atoms with Gasteiger partial charge in [-0.25, -0.2) is 0 Å². The number of aliphatic hydroxyl groups excluding tert-OH is 6. The topological polar surface area (TPSA) is 131 Å². The van der Waals surface area contributed by atoms with Crippen molar-refractivity contribution >= 4 is 0 Å². The van der Waals surface area contributed by atoms with Crippen LogP contribution in [0.2, 0.25) is 0 Å². The van der Waals surface area contributed by atoms with Crippen molar-refractivity contribution in [3.05, 3.63) is 0 Å². The lowest BCUT2D eigenvalue weighted by Crippen LogP contribution is -2.50. The average Bonchev–Trinajstić information content (AvgIpc) is 2.25. The fourth-order valence-electron chi connectivity index (χ4n) is 1.03. The molecule has 6 N–H and O–H groups in total. The number of hydrogen-bond donors (Lipinski definition) is 6. The van der Waals surface area contributed by atoms with Crippen molar-refractivity contribution in [2.45, 2.75) is 30.5 Å². The molecule has 0 spiro atoms. The summed E-state index contributed by atoms with van der Waals surface area (Å²) >= 11 is 0. The van der Waals surface area contributed by atoms with Crippen molar-refractivity contribution < 1.29 is 35.4 Å². The van der Waals surface area contributed by atoms with Gasteiger partial charge in [-0.05, 0) is 0 Å². The Labute approximate surface area is 87.2 Å². The van der Waals surface area contributed by atoms with E-state index in [1.165, 1.54) is 7.11 Å². The Morgan fingerprint density at radius 2 is 1.33 bits per heavy atom. The van der Waals surface area contributed by atoms with Gasteiger partial charge in [0.2, 0.25) is 0 Å². The van der Waals surface area contributed by atoms with Crippen LogP contribution in [-0.2, 0) is 4.74 Å². The van der Waals surface area contributed by atoms with E-state index in [0.29, 0.717) is 0 Å². The molecule has 0 aromatic heterocycles. The summed E-state index contributed by atoms with van der Waals surface area (Å²) in [5.74, 6) is 0. The second kappa shape index (κ2) is 7.07. The van der Waals surface area contributed by atoms with Crippen molar-refractivity contribution in [3.63, 3.8) is 0 Å². The van der Waals surface area contributed by atoms with Gasteiger partial charge in [0.05, 0.1) is 13.2 Å². The van der Waals surface area contributed by atoms with E-state index in [4.69, 9.17) is 10.2 Å². The third-order valence-electron chi connectivity index (χ3n) is 2.01. The highest BCUT2D eigenvalue weighted by molar-refractivity contribution is 4.84. The zero-order chi connectivity index (χ0) is 12.0. The standard InChI is InChI=1S/C8H18O7/c1-15-3-5(11)7(13)8(14)6(12)4(10)2-9/h4-14H,2-3H2,1H3/t4-,5?,6-,7+,8+/m0/s1. The molecular weight excluding hydrogens is 208 g/mol. The van der Waals surface area contributed by atoms with Gasteiger partial charge in [-0.15, -0.1) is 0 Å². The van der Waals surface area contributed by atoms with Gasteiger partial charge in [0.1, 0.15) is 30.5 Å². The molecule has 0 aliphatic rings. The first kappa shape index (κ1) is 14.7. The van der Waals surface area contributed by atoms with Crippen LogP contribution in [0.15, 0.2) is 0 Å². The molecule has 0 radical (unpaired) electrons. The monoisotopic (exact) mass is 226 g/mol. The third kappa shape index (κ3) is 4.39. The number of methoxy groups -OCH3 is 1. The molecule has 0 aromatic carbocycles. The van der Waals surface area contributed by atoms with Crippen LogP contribution in [0, 0.1) is 0 Å². The van der Waals surface area contributed by atoms with E-state index < -0.39 is 37.1 Å². The Bertz CT molecular complexity index is 165. The van der Waals surface area contributed by atoms with Crippen molar-refractivity contribution in [3.8, 4) is 0 Å². The highest BCUT2D eigenvalue weighted by atomic mass is 16.5. The average molecular weight is 226 g/mol. The molecule has 0 fully saturated rings. The highest BCUT2D eigenvalue weighted by Gasteiger charge is 2.33. The molecule has 7 heteroatoms. The summed E-state index contributed by atoms with van der Waals surface area (Å²) in [4.78, 5) is 0. The Balaban J connectivity index is 4.22. The molecule has 0 bridgehead atoms. The number of hydrogen-bond acceptors (Lipinski definition) is 7. The maximum absolute atomic E-state index is 9.30. The predicted octanol–water partition coefficient (Wildman–Crippen LogP) is -3.57. The first-order valence-electron chi connectivity index (χ1n) is 4.45. The van der Waals surface area contributed by atoms with Crippen molar-refractivity contribution in [1.29, 1.82) is 0 Å². The number of rotatable bonds is 7. The molecule has 92 valence electrons. The Morgan fingerprint density at radius 1 is 0.867 bits per heavy atom. The minimum atomic E-state index is -1.77. The molecule has 0 saturated heterocycles. The molecule has 1 unspecified atom stereocenters. The maximum atomic E-state index is 9.30. The van der Waals surface area contributed by atoms with Crippen LogP contribution in [0.3, 0.4) is 0 Å². The van der Waals surface area contributed by atoms with E-state index in [1.807, 2.05) is 0 Å². The van der Waals surface area contributed by atoms with E-state index in [0.717, 1.165) is 0 Å². The Kier molecular flexibility index (Phi) is 6.94. The summed E-state index contributed by atoms with van der Waals surface area (Å²) in [5.41, 5.74) is 0. The number of aliphatic hydroxyl groups is 6. The highest BCUT2D eigenvalue weighted by Crippen LogP contribution is 2.08. The smallest absolute Gasteiger partial charge is 0.111 e. The normalized spacial score (nSPS) is 21.8. The van der Waals surface area contributed by atoms with Crippen molar-refractivity contribution in [1.82, 2.24) is 0 Å². The first-order valence-corrected chi connectivity index (χ1v) is 4.45. The molecule has 0 aromatic rings. The summed E-state index contributed by atoms with van der Waals surface area (Å²) in [7, 11) is 1.29. The fraction of sp³-hybridized carbons (Fsp3) is 1.00. The summed E-state index contributed by atoms with van der Waals surface area (Å²) in [6.45, 7) is -0.981. The molecule has 0 rings (SSSR count). The van der Waals surface area contributed by atoms with Gasteiger partial charge < -0.3 is 35.4 Å². The van der Waals surface area contributed by atoms with Gasteiger partial charge in [-0.3, -0.25) is 0 Å². The van der Waals surface area contributed by atoms with Crippen molar-refractivity contribution in [2.24, 2.45) is 0 Å². The van der Waals surface area contributed by atoms with E-state index in [2.05, 4.69) is 4.74 Å². The van der Waals surface area contributed by atoms with Crippen LogP contribution in [-0.4, -0.2) is 81.5 Å². The second-order valence-electron chi connectivity index (χ2n) is 3.24. The molecule has 5 atom stereocenters. The van der Waals surface area contributed by atoms with E-state index in [9.17, 15) is 20.4 Å². The lowest BCUT2D eigenvalue weighted by atomic mass is 10.00. The fourth-order valence-corrected chi connectivity index (χ4v) is 1.03. The molecular formula is C8H18O7. The molecule has 15 heavy (non-hydrogen) atoms. The van der Waals surface area contributed by atoms with Gasteiger partial charge >= 0.3 is 0 Å². The first-order chi connectivity index (χ1) is 6.95. The van der Waals surface area contributed by atoms with Gasteiger partial charge in [-0.1, -0.05) is 0 Å². The van der Waals surface area contributed by atoms with Crippen LogP contribution >= 0.6 is 0 Å². The van der Waals surface area contributed by atoms with E-state index in [1.54, 1.807) is 0 Å². The Hall–Kier alpha value is -0.280. The van der Waals surface area contributed by atoms with Gasteiger partial charge in [0.25, 0.3) is 0 Å². The summed E-state index contributed by atoms with van der Waals surface area (Å²) in [5, 5.41) is 54.5. The summed E-state index contributed by atoms with van der Waals surface area (Å²) < 4.78 is 4.53. The van der Waals surface area contributed by atoms with Crippen LogP contribution in [0.25, 0.3) is 0 Å². The second-order valence-corrected chi connectivity index (χ2v) is 3.24. The molecule has 0 aliphatic carbocycles. The predicted molar refractivity (Wildman–Crippen MR) is 49.0 cm³/mol. The Morgan fingerprint density at radius 3 is 1.73 bits per heavy atom. The molecule has 0 amide bonds. The largest absolute Gasteiger partial charge is 0.394 e. The minimum Gasteiger partial charge on any atom is -0.394 e. The van der Waals surface area contributed by atoms with Gasteiger partial charge in [0, 0.05) is 7.11 Å². The van der Waals surface area contributed by atoms with Crippen molar-refractivity contribution in [2.75, 3.05) is 20.3 Å². The maximum Gasteiger partial charge on any atom is 0.111 e. The SMILES string of the molecule is COCC(O)[C@@H](O)[C@H](O)[C@@H](O)[C@@H](O)CO. The van der Waals surface area contributed by atoms with E-state index >= 15 is 0 Å². The van der Waals surface area contributed by atoms with Crippen LogP contribution in [0.1, 0.15) is 0 Å². The van der Waals surface area contributed by atoms with Gasteiger partial charge in [0.15, 0.2) is 0 Å². The molecule has 7 nitrogen and oxygen atoms in total. The summed E-state index contributed by atoms with van der Waals surface area (Å²) in [6, 6.07) is 0. The molecule has 0 aliphatic heterocycles.